The molecule has 0 bridgehead atoms. The lowest BCUT2D eigenvalue weighted by Gasteiger charge is -2.34. The Morgan fingerprint density at radius 1 is 1.18 bits per heavy atom. The maximum Gasteiger partial charge on any atom is 0.191 e. The zero-order valence-corrected chi connectivity index (χ0v) is 17.3. The normalized spacial score (nSPS) is 16.5. The Morgan fingerprint density at radius 2 is 2.00 bits per heavy atom. The van der Waals surface area contributed by atoms with Gasteiger partial charge in [-0.3, -0.25) is 9.89 Å². The summed E-state index contributed by atoms with van der Waals surface area (Å²) in [6.45, 7) is 5.85. The Morgan fingerprint density at radius 3 is 2.71 bits per heavy atom. The standard InChI is InChI=1S/C21H30N4O2S/c1-22-21(23-10-6-13-27-18-7-3-2-4-8-18)24-17-19(20-9-5-16-28-20)25-11-14-26-15-12-25/h2-5,7-9,16,19H,6,10-15,17H2,1H3,(H2,22,23,24). The number of aliphatic imine (C=N–C) groups is 1. The summed E-state index contributed by atoms with van der Waals surface area (Å²) in [5, 5.41) is 9.01. The second-order valence-corrected chi connectivity index (χ2v) is 7.55. The van der Waals surface area contributed by atoms with E-state index in [1.807, 2.05) is 48.7 Å². The van der Waals surface area contributed by atoms with Gasteiger partial charge in [0.2, 0.25) is 0 Å². The van der Waals surface area contributed by atoms with Gasteiger partial charge in [0.15, 0.2) is 5.96 Å². The molecule has 152 valence electrons. The second-order valence-electron chi connectivity index (χ2n) is 6.57. The molecule has 1 unspecified atom stereocenters. The van der Waals surface area contributed by atoms with Crippen LogP contribution in [0, 0.1) is 0 Å². The number of thiophene rings is 1. The van der Waals surface area contributed by atoms with Crippen LogP contribution < -0.4 is 15.4 Å². The highest BCUT2D eigenvalue weighted by Gasteiger charge is 2.23. The minimum absolute atomic E-state index is 0.337. The molecule has 6 nitrogen and oxygen atoms in total. The van der Waals surface area contributed by atoms with E-state index >= 15 is 0 Å². The molecule has 7 heteroatoms. The third kappa shape index (κ3) is 6.51. The summed E-state index contributed by atoms with van der Waals surface area (Å²) in [6, 6.07) is 14.6. The van der Waals surface area contributed by atoms with Crippen LogP contribution in [0.2, 0.25) is 0 Å². The van der Waals surface area contributed by atoms with Crippen molar-refractivity contribution in [2.24, 2.45) is 4.99 Å². The Kier molecular flexibility index (Phi) is 8.61. The maximum atomic E-state index is 5.73. The van der Waals surface area contributed by atoms with E-state index in [1.165, 1.54) is 4.88 Å². The lowest BCUT2D eigenvalue weighted by molar-refractivity contribution is 0.0177. The number of hydrogen-bond donors (Lipinski definition) is 2. The van der Waals surface area contributed by atoms with Crippen LogP contribution in [-0.2, 0) is 4.74 Å². The molecule has 1 fully saturated rings. The Hall–Kier alpha value is -2.09. The number of benzene rings is 1. The van der Waals surface area contributed by atoms with Crippen molar-refractivity contribution < 1.29 is 9.47 Å². The fraction of sp³-hybridized carbons (Fsp3) is 0.476. The molecular weight excluding hydrogens is 372 g/mol. The monoisotopic (exact) mass is 402 g/mol. The Bertz CT molecular complexity index is 688. The first-order valence-corrected chi connectivity index (χ1v) is 10.7. The molecule has 1 aliphatic heterocycles. The lowest BCUT2D eigenvalue weighted by atomic mass is 10.2. The summed E-state index contributed by atoms with van der Waals surface area (Å²) >= 11 is 1.81. The fourth-order valence-corrected chi connectivity index (χ4v) is 4.04. The van der Waals surface area contributed by atoms with Gasteiger partial charge in [-0.1, -0.05) is 24.3 Å². The van der Waals surface area contributed by atoms with Gasteiger partial charge in [-0.2, -0.15) is 0 Å². The van der Waals surface area contributed by atoms with E-state index in [2.05, 4.69) is 38.0 Å². The average molecular weight is 403 g/mol. The summed E-state index contributed by atoms with van der Waals surface area (Å²) in [4.78, 5) is 8.22. The third-order valence-electron chi connectivity index (χ3n) is 4.67. The van der Waals surface area contributed by atoms with Gasteiger partial charge in [-0.25, -0.2) is 0 Å². The van der Waals surface area contributed by atoms with Crippen LogP contribution in [0.25, 0.3) is 0 Å². The van der Waals surface area contributed by atoms with Crippen LogP contribution >= 0.6 is 11.3 Å². The fourth-order valence-electron chi connectivity index (χ4n) is 3.18. The van der Waals surface area contributed by atoms with E-state index in [9.17, 15) is 0 Å². The van der Waals surface area contributed by atoms with Crippen LogP contribution in [-0.4, -0.2) is 63.9 Å². The van der Waals surface area contributed by atoms with E-state index in [4.69, 9.17) is 9.47 Å². The summed E-state index contributed by atoms with van der Waals surface area (Å²) < 4.78 is 11.2. The van der Waals surface area contributed by atoms with Crippen molar-refractivity contribution in [3.8, 4) is 5.75 Å². The first kappa shape index (κ1) is 20.6. The number of nitrogens with zero attached hydrogens (tertiary/aromatic N) is 2. The van der Waals surface area contributed by atoms with Crippen LogP contribution in [0.15, 0.2) is 52.8 Å². The predicted octanol–water partition coefficient (Wildman–Crippen LogP) is 2.76. The molecule has 28 heavy (non-hydrogen) atoms. The summed E-state index contributed by atoms with van der Waals surface area (Å²) in [6.07, 6.45) is 0.910. The van der Waals surface area contributed by atoms with Gasteiger partial charge in [-0.15, -0.1) is 11.3 Å². The quantitative estimate of drug-likeness (QED) is 0.384. The number of ether oxygens (including phenoxy) is 2. The van der Waals surface area contributed by atoms with Crippen LogP contribution in [0.3, 0.4) is 0 Å². The minimum Gasteiger partial charge on any atom is -0.494 e. The maximum absolute atomic E-state index is 5.73. The van der Waals surface area contributed by atoms with E-state index in [1.54, 1.807) is 0 Å². The number of hydrogen-bond acceptors (Lipinski definition) is 5. The molecule has 3 rings (SSSR count). The van der Waals surface area contributed by atoms with Gasteiger partial charge < -0.3 is 20.1 Å². The zero-order chi connectivity index (χ0) is 19.4. The zero-order valence-electron chi connectivity index (χ0n) is 16.5. The molecule has 0 spiro atoms. The molecule has 1 aromatic carbocycles. The molecule has 0 radical (unpaired) electrons. The highest BCUT2D eigenvalue weighted by Crippen LogP contribution is 2.25. The smallest absolute Gasteiger partial charge is 0.191 e. The summed E-state index contributed by atoms with van der Waals surface area (Å²) in [5.74, 6) is 1.74. The molecule has 1 atom stereocenters. The number of rotatable bonds is 9. The number of nitrogens with one attached hydrogen (secondary N) is 2. The van der Waals surface area contributed by atoms with Crippen LogP contribution in [0.1, 0.15) is 17.3 Å². The van der Waals surface area contributed by atoms with Crippen molar-refractivity contribution in [1.82, 2.24) is 15.5 Å². The van der Waals surface area contributed by atoms with Crippen molar-refractivity contribution in [2.45, 2.75) is 12.5 Å². The van der Waals surface area contributed by atoms with Crippen LogP contribution in [0.4, 0.5) is 0 Å². The van der Waals surface area contributed by atoms with Crippen molar-refractivity contribution in [2.75, 3.05) is 53.0 Å². The number of morpholine rings is 1. The predicted molar refractivity (Wildman–Crippen MR) is 115 cm³/mol. The number of para-hydroxylation sites is 1. The lowest BCUT2D eigenvalue weighted by Crippen LogP contribution is -2.46. The summed E-state index contributed by atoms with van der Waals surface area (Å²) in [7, 11) is 1.81. The topological polar surface area (TPSA) is 58.1 Å². The Labute approximate surface area is 171 Å². The van der Waals surface area contributed by atoms with Gasteiger partial charge in [0.05, 0.1) is 25.9 Å². The molecule has 2 N–H and O–H groups in total. The molecule has 1 aliphatic rings. The van der Waals surface area contributed by atoms with Gasteiger partial charge in [-0.05, 0) is 30.0 Å². The molecule has 2 aromatic rings. The third-order valence-corrected chi connectivity index (χ3v) is 5.64. The molecule has 1 aromatic heterocycles. The summed E-state index contributed by atoms with van der Waals surface area (Å²) in [5.41, 5.74) is 0. The van der Waals surface area contributed by atoms with Gasteiger partial charge >= 0.3 is 0 Å². The molecule has 0 aliphatic carbocycles. The molecule has 0 saturated carbocycles. The van der Waals surface area contributed by atoms with Gasteiger partial charge in [0.1, 0.15) is 5.75 Å². The highest BCUT2D eigenvalue weighted by atomic mass is 32.1. The minimum atomic E-state index is 0.337. The largest absolute Gasteiger partial charge is 0.494 e. The van der Waals surface area contributed by atoms with E-state index in [0.29, 0.717) is 12.6 Å². The SMILES string of the molecule is CN=C(NCCCOc1ccccc1)NCC(c1cccs1)N1CCOCC1. The van der Waals surface area contributed by atoms with Crippen LogP contribution in [0.5, 0.6) is 5.75 Å². The van der Waals surface area contributed by atoms with Crippen molar-refractivity contribution in [3.63, 3.8) is 0 Å². The second kappa shape index (κ2) is 11.7. The highest BCUT2D eigenvalue weighted by molar-refractivity contribution is 7.10. The number of guanidine groups is 1. The van der Waals surface area contributed by atoms with Gasteiger partial charge in [0.25, 0.3) is 0 Å². The van der Waals surface area contributed by atoms with E-state index < -0.39 is 0 Å². The van der Waals surface area contributed by atoms with E-state index in [0.717, 1.165) is 57.5 Å². The van der Waals surface area contributed by atoms with Crippen molar-refractivity contribution >= 4 is 17.3 Å². The first-order valence-electron chi connectivity index (χ1n) is 9.84. The molecular formula is C21H30N4O2S. The molecule has 2 heterocycles. The Balaban J connectivity index is 1.41. The van der Waals surface area contributed by atoms with Crippen molar-refractivity contribution in [1.29, 1.82) is 0 Å². The van der Waals surface area contributed by atoms with Gasteiger partial charge in [0, 0.05) is 38.1 Å². The first-order chi connectivity index (χ1) is 13.9. The average Bonchev–Trinajstić information content (AvgIpc) is 3.28. The van der Waals surface area contributed by atoms with Crippen molar-refractivity contribution in [3.05, 3.63) is 52.7 Å². The van der Waals surface area contributed by atoms with E-state index in [-0.39, 0.29) is 0 Å². The molecule has 0 amide bonds. The molecule has 1 saturated heterocycles.